The van der Waals surface area contributed by atoms with Crippen LogP contribution in [0.1, 0.15) is 0 Å². The number of aliphatic hydroxyl groups is 2. The van der Waals surface area contributed by atoms with Crippen LogP contribution in [0.25, 0.3) is 0 Å². The Kier molecular flexibility index (Phi) is 10.1. The van der Waals surface area contributed by atoms with Gasteiger partial charge in [0.1, 0.15) is 0 Å². The van der Waals surface area contributed by atoms with Crippen molar-refractivity contribution >= 4 is 7.82 Å². The van der Waals surface area contributed by atoms with Gasteiger partial charge in [-0.05, 0) is 0 Å². The molecule has 2 N–H and O–H groups in total. The topological polar surface area (TPSA) is 99.1 Å². The minimum atomic E-state index is -4.37. The van der Waals surface area contributed by atoms with Crippen molar-refractivity contribution in [1.82, 2.24) is 0 Å². The Hall–Kier alpha value is 1.03. The number of hydrogen-bond donors (Lipinski definition) is 2. The molecule has 0 saturated carbocycles. The molecular weight excluding hydrogens is 186 g/mol. The normalized spacial score (nSPS) is 15.2. The van der Waals surface area contributed by atoms with E-state index in [0.29, 0.717) is 0 Å². The van der Waals surface area contributed by atoms with Gasteiger partial charge in [-0.3, -0.25) is 9.09 Å². The molecule has 6 nitrogen and oxygen atoms in total. The van der Waals surface area contributed by atoms with Crippen LogP contribution in [0.5, 0.6) is 0 Å². The van der Waals surface area contributed by atoms with E-state index in [1.807, 2.05) is 0 Å². The Balaban J connectivity index is 0. The monoisotopic (exact) mass is 194 g/mol. The molecule has 62 valence electrons. The van der Waals surface area contributed by atoms with Gasteiger partial charge in [-0.25, -0.2) is 0 Å². The second-order valence-corrected chi connectivity index (χ2v) is 2.67. The predicted molar refractivity (Wildman–Crippen MR) is 28.8 cm³/mol. The first-order chi connectivity index (χ1) is 4.62. The summed E-state index contributed by atoms with van der Waals surface area (Å²) >= 11 is 0. The largest absolute Gasteiger partial charge is 1.00 e. The third-order valence-corrected chi connectivity index (χ3v) is 1.49. The second-order valence-electron chi connectivity index (χ2n) is 1.26. The van der Waals surface area contributed by atoms with Gasteiger partial charge in [-0.1, -0.05) is 0 Å². The summed E-state index contributed by atoms with van der Waals surface area (Å²) in [5, 5.41) is 16.1. The minimum Gasteiger partial charge on any atom is -0.756 e. The molecule has 1 atom stereocenters. The molecule has 1 unspecified atom stereocenters. The summed E-state index contributed by atoms with van der Waals surface area (Å²) in [4.78, 5) is 10.3. The molecule has 0 amide bonds. The van der Waals surface area contributed by atoms with E-state index in [9.17, 15) is 9.46 Å². The van der Waals surface area contributed by atoms with E-state index in [0.717, 1.165) is 0 Å². The Morgan fingerprint density at radius 1 is 1.36 bits per heavy atom. The molecule has 0 aliphatic rings. The zero-order valence-electron chi connectivity index (χ0n) is 6.10. The van der Waals surface area contributed by atoms with Crippen molar-refractivity contribution in [3.63, 3.8) is 0 Å². The molecule has 0 aromatic rings. The summed E-state index contributed by atoms with van der Waals surface area (Å²) in [5.41, 5.74) is 0. The van der Waals surface area contributed by atoms with E-state index >= 15 is 0 Å². The summed E-state index contributed by atoms with van der Waals surface area (Å²) in [6.45, 7) is -1.73. The molecule has 0 aliphatic carbocycles. The average molecular weight is 194 g/mol. The van der Waals surface area contributed by atoms with Crippen molar-refractivity contribution in [3.05, 3.63) is 0 Å². The fourth-order valence-electron chi connectivity index (χ4n) is 0.261. The van der Waals surface area contributed by atoms with Gasteiger partial charge >= 0.3 is 29.6 Å². The SMILES string of the molecule is O=P([O-])(OCO)OCCO.[Na+]. The van der Waals surface area contributed by atoms with Crippen LogP contribution in [0, 0.1) is 0 Å². The first kappa shape index (κ1) is 14.5. The van der Waals surface area contributed by atoms with Crippen molar-refractivity contribution in [3.8, 4) is 0 Å². The van der Waals surface area contributed by atoms with Crippen molar-refractivity contribution in [2.24, 2.45) is 0 Å². The Bertz CT molecular complexity index is 129. The third-order valence-electron chi connectivity index (χ3n) is 0.557. The molecule has 0 fully saturated rings. The van der Waals surface area contributed by atoms with Crippen molar-refractivity contribution in [2.75, 3.05) is 20.0 Å². The fourth-order valence-corrected chi connectivity index (χ4v) is 0.782. The molecule has 11 heavy (non-hydrogen) atoms. The molecule has 0 bridgehead atoms. The van der Waals surface area contributed by atoms with Gasteiger partial charge in [0.15, 0.2) is 6.79 Å². The zero-order chi connectivity index (χ0) is 8.04. The number of phosphoric acid groups is 1. The van der Waals surface area contributed by atoms with Crippen LogP contribution in [0.2, 0.25) is 0 Å². The van der Waals surface area contributed by atoms with Gasteiger partial charge in [0.2, 0.25) is 0 Å². The van der Waals surface area contributed by atoms with E-state index in [1.165, 1.54) is 0 Å². The van der Waals surface area contributed by atoms with E-state index in [-0.39, 0.29) is 36.2 Å². The molecule has 0 aromatic heterocycles. The van der Waals surface area contributed by atoms with Gasteiger partial charge < -0.3 is 19.6 Å². The molecule has 0 aromatic carbocycles. The van der Waals surface area contributed by atoms with E-state index in [2.05, 4.69) is 9.05 Å². The number of phosphoric ester groups is 1. The van der Waals surface area contributed by atoms with Gasteiger partial charge in [0, 0.05) is 0 Å². The van der Waals surface area contributed by atoms with E-state index < -0.39 is 21.2 Å². The standard InChI is InChI=1S/C3H9O6P.Na/c4-1-2-8-10(6,7)9-3-5;/h4-5H,1-3H2,(H,6,7);/q;+1/p-1. The maximum atomic E-state index is 10.3. The summed E-state index contributed by atoms with van der Waals surface area (Å²) in [6.07, 6.45) is 0. The molecule has 0 saturated heterocycles. The van der Waals surface area contributed by atoms with Crippen LogP contribution in [0.15, 0.2) is 0 Å². The molecule has 0 rings (SSSR count). The van der Waals surface area contributed by atoms with Gasteiger partial charge in [0.05, 0.1) is 13.2 Å². The van der Waals surface area contributed by atoms with Crippen molar-refractivity contribution < 1.29 is 58.3 Å². The predicted octanol–water partition coefficient (Wildman–Crippen LogP) is -4.57. The second kappa shape index (κ2) is 7.67. The molecule has 0 aliphatic heterocycles. The van der Waals surface area contributed by atoms with Crippen molar-refractivity contribution in [2.45, 2.75) is 0 Å². The Morgan fingerprint density at radius 2 is 1.91 bits per heavy atom. The first-order valence-corrected chi connectivity index (χ1v) is 3.90. The number of hydrogen-bond acceptors (Lipinski definition) is 6. The third kappa shape index (κ3) is 8.94. The number of aliphatic hydroxyl groups excluding tert-OH is 2. The van der Waals surface area contributed by atoms with Crippen LogP contribution in [-0.4, -0.2) is 30.2 Å². The minimum absolute atomic E-state index is 0. The molecular formula is C3H8NaO6P. The Labute approximate surface area is 86.0 Å². The smallest absolute Gasteiger partial charge is 0.756 e. The number of rotatable bonds is 5. The zero-order valence-corrected chi connectivity index (χ0v) is 8.99. The maximum absolute atomic E-state index is 10.3. The first-order valence-electron chi connectivity index (χ1n) is 2.44. The van der Waals surface area contributed by atoms with Gasteiger partial charge in [0.25, 0.3) is 7.82 Å². The van der Waals surface area contributed by atoms with Crippen LogP contribution in [-0.2, 0) is 13.6 Å². The van der Waals surface area contributed by atoms with Crippen LogP contribution < -0.4 is 34.5 Å². The van der Waals surface area contributed by atoms with Crippen molar-refractivity contribution in [1.29, 1.82) is 0 Å². The molecule has 0 radical (unpaired) electrons. The van der Waals surface area contributed by atoms with Crippen LogP contribution in [0.3, 0.4) is 0 Å². The summed E-state index contributed by atoms with van der Waals surface area (Å²) in [6, 6.07) is 0. The van der Waals surface area contributed by atoms with Crippen LogP contribution >= 0.6 is 7.82 Å². The Morgan fingerprint density at radius 3 is 2.27 bits per heavy atom. The summed E-state index contributed by atoms with van der Waals surface area (Å²) in [7, 11) is -4.37. The van der Waals surface area contributed by atoms with E-state index in [4.69, 9.17) is 10.2 Å². The summed E-state index contributed by atoms with van der Waals surface area (Å²) < 4.78 is 18.0. The van der Waals surface area contributed by atoms with Gasteiger partial charge in [-0.15, -0.1) is 0 Å². The fraction of sp³-hybridized carbons (Fsp3) is 1.00. The molecule has 8 heteroatoms. The maximum Gasteiger partial charge on any atom is 1.00 e. The molecule has 0 spiro atoms. The van der Waals surface area contributed by atoms with E-state index in [1.54, 1.807) is 0 Å². The quantitative estimate of drug-likeness (QED) is 0.259. The summed E-state index contributed by atoms with van der Waals surface area (Å²) in [5.74, 6) is 0. The average Bonchev–Trinajstić information content (AvgIpc) is 1.84. The molecule has 0 heterocycles. The van der Waals surface area contributed by atoms with Gasteiger partial charge in [-0.2, -0.15) is 0 Å². The van der Waals surface area contributed by atoms with Crippen LogP contribution in [0.4, 0.5) is 0 Å².